The minimum atomic E-state index is -1.15. The van der Waals surface area contributed by atoms with Crippen molar-refractivity contribution in [1.29, 1.82) is 0 Å². The van der Waals surface area contributed by atoms with Crippen LogP contribution in [0.15, 0.2) is 78.9 Å². The highest BCUT2D eigenvalue weighted by molar-refractivity contribution is 5.65. The van der Waals surface area contributed by atoms with Gasteiger partial charge in [-0.2, -0.15) is 0 Å². The van der Waals surface area contributed by atoms with E-state index in [1.165, 1.54) is 5.56 Å². The molecular formula is C28H34N2O4. The molecule has 0 spiro atoms. The number of aliphatic hydroxyl groups is 1. The average Bonchev–Trinajstić information content (AvgIpc) is 2.83. The Morgan fingerprint density at radius 1 is 0.912 bits per heavy atom. The van der Waals surface area contributed by atoms with Crippen LogP contribution in [0.3, 0.4) is 0 Å². The number of hydrogen-bond donors (Lipinski definition) is 4. The van der Waals surface area contributed by atoms with Crippen LogP contribution in [0, 0.1) is 0 Å². The molecule has 3 rings (SSSR count). The molecule has 0 bridgehead atoms. The number of benzene rings is 3. The van der Waals surface area contributed by atoms with E-state index in [2.05, 4.69) is 36.6 Å². The van der Waals surface area contributed by atoms with Crippen molar-refractivity contribution in [3.05, 3.63) is 101 Å². The van der Waals surface area contributed by atoms with Crippen LogP contribution in [-0.2, 0) is 19.6 Å². The molecule has 4 N–H and O–H groups in total. The first-order valence-corrected chi connectivity index (χ1v) is 11.6. The summed E-state index contributed by atoms with van der Waals surface area (Å²) in [4.78, 5) is 11.2. The number of carbonyl (C=O) groups is 1. The van der Waals surface area contributed by atoms with Crippen molar-refractivity contribution in [3.8, 4) is 5.75 Å². The molecular weight excluding hydrogens is 428 g/mol. The molecule has 0 fully saturated rings. The molecule has 6 nitrogen and oxygen atoms in total. The fourth-order valence-corrected chi connectivity index (χ4v) is 3.76. The molecule has 0 aromatic heterocycles. The van der Waals surface area contributed by atoms with Crippen molar-refractivity contribution in [2.75, 3.05) is 6.54 Å². The van der Waals surface area contributed by atoms with E-state index in [0.29, 0.717) is 25.5 Å². The summed E-state index contributed by atoms with van der Waals surface area (Å²) in [6.45, 7) is 5.57. The standard InChI is InChI=1S/C28H34N2O4/c1-20(2)24-13-23(14-25(16-24)34-19-22-11-7-4-8-12-22)17-29-18-27(31)26(30-28(32)33)15-21-9-5-3-6-10-21/h3-14,16,20,26-27,29-31H,15,17-19H2,1-2H3,(H,32,33)/t26?,27-/m1/s1. The van der Waals surface area contributed by atoms with Gasteiger partial charge in [0.2, 0.25) is 0 Å². The zero-order valence-corrected chi connectivity index (χ0v) is 19.8. The second kappa shape index (κ2) is 12.8. The first kappa shape index (κ1) is 25.3. The highest BCUT2D eigenvalue weighted by atomic mass is 16.5. The number of hydrogen-bond acceptors (Lipinski definition) is 4. The number of ether oxygens (including phenoxy) is 1. The summed E-state index contributed by atoms with van der Waals surface area (Å²) in [7, 11) is 0. The van der Waals surface area contributed by atoms with Gasteiger partial charge in [0.1, 0.15) is 12.4 Å². The summed E-state index contributed by atoms with van der Waals surface area (Å²) >= 11 is 0. The SMILES string of the molecule is CC(C)c1cc(CNC[C@@H](O)C(Cc2ccccc2)NC(=O)O)cc(OCc2ccccc2)c1. The van der Waals surface area contributed by atoms with Gasteiger partial charge in [-0.25, -0.2) is 4.79 Å². The van der Waals surface area contributed by atoms with Crippen LogP contribution < -0.4 is 15.4 Å². The molecule has 0 heterocycles. The first-order valence-electron chi connectivity index (χ1n) is 11.6. The second-order valence-electron chi connectivity index (χ2n) is 8.78. The van der Waals surface area contributed by atoms with Crippen molar-refractivity contribution in [1.82, 2.24) is 10.6 Å². The Bertz CT molecular complexity index is 1030. The summed E-state index contributed by atoms with van der Waals surface area (Å²) in [5.74, 6) is 1.15. The maximum Gasteiger partial charge on any atom is 0.404 e. The Hall–Kier alpha value is -3.35. The molecule has 0 aliphatic carbocycles. The van der Waals surface area contributed by atoms with Crippen molar-refractivity contribution >= 4 is 6.09 Å². The van der Waals surface area contributed by atoms with Crippen LogP contribution >= 0.6 is 0 Å². The summed E-state index contributed by atoms with van der Waals surface area (Å²) in [6.07, 6.45) is -1.61. The Kier molecular flexibility index (Phi) is 9.50. The van der Waals surface area contributed by atoms with E-state index in [0.717, 1.165) is 22.4 Å². The van der Waals surface area contributed by atoms with Crippen molar-refractivity contribution in [2.45, 2.75) is 51.5 Å². The summed E-state index contributed by atoms with van der Waals surface area (Å²) < 4.78 is 6.05. The third-order valence-corrected chi connectivity index (χ3v) is 5.66. The molecule has 3 aromatic rings. The molecule has 0 aliphatic heterocycles. The predicted molar refractivity (Wildman–Crippen MR) is 134 cm³/mol. The van der Waals surface area contributed by atoms with Gasteiger partial charge in [0.25, 0.3) is 0 Å². The van der Waals surface area contributed by atoms with E-state index in [4.69, 9.17) is 4.74 Å². The number of nitrogens with one attached hydrogen (secondary N) is 2. The second-order valence-corrected chi connectivity index (χ2v) is 8.78. The highest BCUT2D eigenvalue weighted by Crippen LogP contribution is 2.24. The average molecular weight is 463 g/mol. The van der Waals surface area contributed by atoms with E-state index in [9.17, 15) is 15.0 Å². The van der Waals surface area contributed by atoms with Crippen LogP contribution in [-0.4, -0.2) is 35.0 Å². The number of carboxylic acid groups (broad SMARTS) is 1. The van der Waals surface area contributed by atoms with E-state index in [1.54, 1.807) is 0 Å². The van der Waals surface area contributed by atoms with Gasteiger partial charge in [0, 0.05) is 13.1 Å². The quantitative estimate of drug-likeness (QED) is 0.313. The molecule has 6 heteroatoms. The van der Waals surface area contributed by atoms with Gasteiger partial charge in [-0.15, -0.1) is 0 Å². The molecule has 34 heavy (non-hydrogen) atoms. The van der Waals surface area contributed by atoms with Crippen LogP contribution in [0.2, 0.25) is 0 Å². The topological polar surface area (TPSA) is 90.8 Å². The number of amides is 1. The Labute approximate surface area is 201 Å². The number of aliphatic hydroxyl groups excluding tert-OH is 1. The molecule has 180 valence electrons. The number of rotatable bonds is 12. The predicted octanol–water partition coefficient (Wildman–Crippen LogP) is 4.72. The molecule has 1 amide bonds. The largest absolute Gasteiger partial charge is 0.489 e. The molecule has 2 atom stereocenters. The zero-order chi connectivity index (χ0) is 24.3. The van der Waals surface area contributed by atoms with Gasteiger partial charge >= 0.3 is 6.09 Å². The third-order valence-electron chi connectivity index (χ3n) is 5.66. The maximum absolute atomic E-state index is 11.2. The van der Waals surface area contributed by atoms with Gasteiger partial charge in [0.05, 0.1) is 12.1 Å². The normalized spacial score (nSPS) is 12.8. The minimum absolute atomic E-state index is 0.254. The van der Waals surface area contributed by atoms with Gasteiger partial charge < -0.3 is 25.6 Å². The first-order chi connectivity index (χ1) is 16.4. The lowest BCUT2D eigenvalue weighted by Gasteiger charge is -2.23. The lowest BCUT2D eigenvalue weighted by atomic mass is 9.99. The smallest absolute Gasteiger partial charge is 0.404 e. The molecule has 1 unspecified atom stereocenters. The van der Waals surface area contributed by atoms with E-state index in [1.807, 2.05) is 66.7 Å². The molecule has 0 saturated heterocycles. The lowest BCUT2D eigenvalue weighted by Crippen LogP contribution is -2.48. The highest BCUT2D eigenvalue weighted by Gasteiger charge is 2.21. The molecule has 0 radical (unpaired) electrons. The fraction of sp³-hybridized carbons (Fsp3) is 0.321. The van der Waals surface area contributed by atoms with E-state index < -0.39 is 18.2 Å². The summed E-state index contributed by atoms with van der Waals surface area (Å²) in [5.41, 5.74) is 4.30. The van der Waals surface area contributed by atoms with Crippen LogP contribution in [0.25, 0.3) is 0 Å². The van der Waals surface area contributed by atoms with E-state index in [-0.39, 0.29) is 6.54 Å². The monoisotopic (exact) mass is 462 g/mol. The third kappa shape index (κ3) is 8.21. The fourth-order valence-electron chi connectivity index (χ4n) is 3.76. The van der Waals surface area contributed by atoms with Crippen molar-refractivity contribution in [2.24, 2.45) is 0 Å². The minimum Gasteiger partial charge on any atom is -0.489 e. The Morgan fingerprint density at radius 3 is 2.18 bits per heavy atom. The molecule has 0 aliphatic rings. The molecule has 0 saturated carbocycles. The zero-order valence-electron chi connectivity index (χ0n) is 19.8. The maximum atomic E-state index is 11.2. The van der Waals surface area contributed by atoms with Crippen molar-refractivity contribution in [3.63, 3.8) is 0 Å². The van der Waals surface area contributed by atoms with Gasteiger partial charge in [-0.1, -0.05) is 80.6 Å². The van der Waals surface area contributed by atoms with Gasteiger partial charge in [0.15, 0.2) is 0 Å². The van der Waals surface area contributed by atoms with Crippen LogP contribution in [0.5, 0.6) is 5.75 Å². The molecule has 3 aromatic carbocycles. The summed E-state index contributed by atoms with van der Waals surface area (Å²) in [6, 6.07) is 25.2. The van der Waals surface area contributed by atoms with E-state index >= 15 is 0 Å². The van der Waals surface area contributed by atoms with Gasteiger partial charge in [-0.3, -0.25) is 0 Å². The Morgan fingerprint density at radius 2 is 1.56 bits per heavy atom. The van der Waals surface area contributed by atoms with Crippen LogP contribution in [0.4, 0.5) is 4.79 Å². The van der Waals surface area contributed by atoms with Crippen LogP contribution in [0.1, 0.15) is 42.0 Å². The van der Waals surface area contributed by atoms with Crippen molar-refractivity contribution < 1.29 is 19.7 Å². The lowest BCUT2D eigenvalue weighted by molar-refractivity contribution is 0.117. The summed E-state index contributed by atoms with van der Waals surface area (Å²) in [5, 5.41) is 25.6. The van der Waals surface area contributed by atoms with Gasteiger partial charge in [-0.05, 0) is 46.7 Å². The Balaban J connectivity index is 1.61.